The molecule has 102 valence electrons. The van der Waals surface area contributed by atoms with Gasteiger partial charge in [-0.05, 0) is 30.4 Å². The minimum absolute atomic E-state index is 0.538. The Morgan fingerprint density at radius 2 is 2.05 bits per heavy atom. The molecule has 0 aliphatic rings. The number of nitrogens with one attached hydrogen (secondary N) is 1. The van der Waals surface area contributed by atoms with Gasteiger partial charge in [0, 0.05) is 16.9 Å². The van der Waals surface area contributed by atoms with Gasteiger partial charge in [-0.1, -0.05) is 25.4 Å². The van der Waals surface area contributed by atoms with Crippen molar-refractivity contribution >= 4 is 28.8 Å². The van der Waals surface area contributed by atoms with Gasteiger partial charge in [-0.25, -0.2) is 9.97 Å². The summed E-state index contributed by atoms with van der Waals surface area (Å²) < 4.78 is 0. The first-order valence-electron chi connectivity index (χ1n) is 6.47. The molecule has 2 aromatic heterocycles. The predicted molar refractivity (Wildman–Crippen MR) is 82.2 cm³/mol. The lowest BCUT2D eigenvalue weighted by Crippen LogP contribution is -2.07. The minimum atomic E-state index is 0.538. The van der Waals surface area contributed by atoms with Crippen LogP contribution in [0.2, 0.25) is 5.15 Å². The highest BCUT2D eigenvalue weighted by atomic mass is 35.5. The molecule has 0 unspecified atom stereocenters. The van der Waals surface area contributed by atoms with E-state index >= 15 is 0 Å². The zero-order chi connectivity index (χ0) is 13.8. The second-order valence-electron chi connectivity index (χ2n) is 4.33. The van der Waals surface area contributed by atoms with Gasteiger partial charge in [0.05, 0.1) is 6.54 Å². The summed E-state index contributed by atoms with van der Waals surface area (Å²) in [6.07, 6.45) is 1.85. The van der Waals surface area contributed by atoms with Crippen molar-refractivity contribution in [3.05, 3.63) is 38.4 Å². The topological polar surface area (TPSA) is 37.8 Å². The van der Waals surface area contributed by atoms with Gasteiger partial charge in [-0.2, -0.15) is 0 Å². The molecule has 0 saturated heterocycles. The molecule has 2 heterocycles. The summed E-state index contributed by atoms with van der Waals surface area (Å²) in [7, 11) is 0. The molecule has 0 spiro atoms. The molecular weight excluding hydrogens is 278 g/mol. The van der Waals surface area contributed by atoms with Gasteiger partial charge in [0.1, 0.15) is 16.8 Å². The zero-order valence-electron chi connectivity index (χ0n) is 11.5. The van der Waals surface area contributed by atoms with Crippen molar-refractivity contribution in [2.24, 2.45) is 0 Å². The highest BCUT2D eigenvalue weighted by Crippen LogP contribution is 2.23. The van der Waals surface area contributed by atoms with Crippen molar-refractivity contribution in [3.63, 3.8) is 0 Å². The Labute approximate surface area is 123 Å². The number of aromatic nitrogens is 2. The van der Waals surface area contributed by atoms with E-state index in [-0.39, 0.29) is 0 Å². The van der Waals surface area contributed by atoms with E-state index in [4.69, 9.17) is 11.6 Å². The first-order chi connectivity index (χ1) is 9.15. The van der Waals surface area contributed by atoms with Gasteiger partial charge >= 0.3 is 0 Å². The second-order valence-corrected chi connectivity index (χ2v) is 5.69. The van der Waals surface area contributed by atoms with Crippen LogP contribution < -0.4 is 5.32 Å². The average Bonchev–Trinajstić information content (AvgIpc) is 2.87. The van der Waals surface area contributed by atoms with Gasteiger partial charge in [0.15, 0.2) is 0 Å². The summed E-state index contributed by atoms with van der Waals surface area (Å²) in [4.78, 5) is 10.1. The molecule has 5 heteroatoms. The quantitative estimate of drug-likeness (QED) is 0.839. The molecule has 0 saturated carbocycles. The second kappa shape index (κ2) is 6.35. The maximum absolute atomic E-state index is 6.13. The largest absolute Gasteiger partial charge is 0.365 e. The van der Waals surface area contributed by atoms with Crippen LogP contribution in [0.5, 0.6) is 0 Å². The van der Waals surface area contributed by atoms with Gasteiger partial charge in [0.25, 0.3) is 0 Å². The fraction of sp³-hybridized carbons (Fsp3) is 0.429. The standard InChI is InChI=1S/C14H18ClN3S/c1-4-10-6-7-19-11(10)8-16-14-9(3)13(15)17-12(5-2)18-14/h6-7H,4-5,8H2,1-3H3,(H,16,17,18). The summed E-state index contributed by atoms with van der Waals surface area (Å²) in [6, 6.07) is 2.18. The normalized spacial score (nSPS) is 10.7. The third-order valence-electron chi connectivity index (χ3n) is 3.08. The zero-order valence-corrected chi connectivity index (χ0v) is 13.0. The van der Waals surface area contributed by atoms with E-state index in [0.29, 0.717) is 5.15 Å². The Hall–Kier alpha value is -1.13. The maximum Gasteiger partial charge on any atom is 0.137 e. The number of anilines is 1. The van der Waals surface area contributed by atoms with E-state index in [1.807, 2.05) is 13.8 Å². The molecule has 1 N–H and O–H groups in total. The first kappa shape index (κ1) is 14.3. The summed E-state index contributed by atoms with van der Waals surface area (Å²) in [6.45, 7) is 6.93. The third-order valence-corrected chi connectivity index (χ3v) is 4.42. The first-order valence-corrected chi connectivity index (χ1v) is 7.73. The summed E-state index contributed by atoms with van der Waals surface area (Å²) in [5.41, 5.74) is 2.31. The molecule has 19 heavy (non-hydrogen) atoms. The fourth-order valence-corrected chi connectivity index (χ4v) is 2.97. The summed E-state index contributed by atoms with van der Waals surface area (Å²) in [5.74, 6) is 1.62. The molecule has 0 aromatic carbocycles. The highest BCUT2D eigenvalue weighted by Gasteiger charge is 2.09. The maximum atomic E-state index is 6.13. The lowest BCUT2D eigenvalue weighted by Gasteiger charge is -2.11. The van der Waals surface area contributed by atoms with Crippen LogP contribution in [0.4, 0.5) is 5.82 Å². The number of halogens is 1. The van der Waals surface area contributed by atoms with Crippen LogP contribution in [0.25, 0.3) is 0 Å². The van der Waals surface area contributed by atoms with Crippen molar-refractivity contribution in [1.82, 2.24) is 9.97 Å². The van der Waals surface area contributed by atoms with E-state index in [2.05, 4.69) is 33.7 Å². The van der Waals surface area contributed by atoms with Crippen molar-refractivity contribution < 1.29 is 0 Å². The van der Waals surface area contributed by atoms with E-state index in [9.17, 15) is 0 Å². The monoisotopic (exact) mass is 295 g/mol. The van der Waals surface area contributed by atoms with E-state index in [0.717, 1.165) is 36.6 Å². The minimum Gasteiger partial charge on any atom is -0.365 e. The fourth-order valence-electron chi connectivity index (χ4n) is 1.86. The van der Waals surface area contributed by atoms with Crippen LogP contribution in [0.1, 0.15) is 35.7 Å². The molecule has 3 nitrogen and oxygen atoms in total. The summed E-state index contributed by atoms with van der Waals surface area (Å²) >= 11 is 7.90. The van der Waals surface area contributed by atoms with Crippen LogP contribution >= 0.6 is 22.9 Å². The van der Waals surface area contributed by atoms with Crippen molar-refractivity contribution in [3.8, 4) is 0 Å². The molecule has 0 fully saturated rings. The molecule has 0 amide bonds. The van der Waals surface area contributed by atoms with Crippen LogP contribution in [-0.4, -0.2) is 9.97 Å². The Kier molecular flexibility index (Phi) is 4.77. The third kappa shape index (κ3) is 3.25. The summed E-state index contributed by atoms with van der Waals surface area (Å²) in [5, 5.41) is 6.05. The van der Waals surface area contributed by atoms with Crippen LogP contribution in [-0.2, 0) is 19.4 Å². The van der Waals surface area contributed by atoms with E-state index < -0.39 is 0 Å². The van der Waals surface area contributed by atoms with Crippen molar-refractivity contribution in [2.75, 3.05) is 5.32 Å². The number of rotatable bonds is 5. The molecule has 2 rings (SSSR count). The molecule has 0 aliphatic heterocycles. The number of thiophene rings is 1. The molecule has 0 radical (unpaired) electrons. The van der Waals surface area contributed by atoms with Crippen molar-refractivity contribution in [1.29, 1.82) is 0 Å². The van der Waals surface area contributed by atoms with Gasteiger partial charge in [-0.3, -0.25) is 0 Å². The van der Waals surface area contributed by atoms with Gasteiger partial charge in [-0.15, -0.1) is 11.3 Å². The number of nitrogens with zero attached hydrogens (tertiary/aromatic N) is 2. The number of aryl methyl sites for hydroxylation is 2. The SMILES string of the molecule is CCc1nc(Cl)c(C)c(NCc2sccc2CC)n1. The highest BCUT2D eigenvalue weighted by molar-refractivity contribution is 7.10. The Bertz CT molecular complexity index is 566. The van der Waals surface area contributed by atoms with E-state index in [1.54, 1.807) is 11.3 Å². The molecular formula is C14H18ClN3S. The van der Waals surface area contributed by atoms with Crippen LogP contribution in [0.15, 0.2) is 11.4 Å². The lowest BCUT2D eigenvalue weighted by atomic mass is 10.2. The smallest absolute Gasteiger partial charge is 0.137 e. The number of hydrogen-bond donors (Lipinski definition) is 1. The number of hydrogen-bond acceptors (Lipinski definition) is 4. The molecule has 0 bridgehead atoms. The molecule has 0 atom stereocenters. The predicted octanol–water partition coefficient (Wildman–Crippen LogP) is 4.24. The van der Waals surface area contributed by atoms with Crippen LogP contribution in [0.3, 0.4) is 0 Å². The van der Waals surface area contributed by atoms with Gasteiger partial charge < -0.3 is 5.32 Å². The van der Waals surface area contributed by atoms with Gasteiger partial charge in [0.2, 0.25) is 0 Å². The van der Waals surface area contributed by atoms with E-state index in [1.165, 1.54) is 10.4 Å². The Morgan fingerprint density at radius 1 is 1.26 bits per heavy atom. The lowest BCUT2D eigenvalue weighted by molar-refractivity contribution is 0.922. The van der Waals surface area contributed by atoms with Crippen LogP contribution in [0, 0.1) is 6.92 Å². The molecule has 0 aliphatic carbocycles. The van der Waals surface area contributed by atoms with Crippen molar-refractivity contribution in [2.45, 2.75) is 40.2 Å². The molecule has 2 aromatic rings. The average molecular weight is 296 g/mol. The Balaban J connectivity index is 2.17. The Morgan fingerprint density at radius 3 is 2.74 bits per heavy atom.